The van der Waals surface area contributed by atoms with E-state index >= 15 is 0 Å². The standard InChI is InChI=1S/C11H13Cl2NO4S/c12-10-8(18-6-7-2-1-5-17-7)3-4-9(11(10)13)19(14,15)16/h3-4,7H,1-2,5-6H2,(H2,14,15,16). The molecule has 1 unspecified atom stereocenters. The van der Waals surface area contributed by atoms with Crippen LogP contribution in [0.4, 0.5) is 0 Å². The summed E-state index contributed by atoms with van der Waals surface area (Å²) in [5.41, 5.74) is 0. The third-order valence-electron chi connectivity index (χ3n) is 2.77. The van der Waals surface area contributed by atoms with Crippen molar-refractivity contribution in [2.75, 3.05) is 13.2 Å². The Morgan fingerprint density at radius 3 is 2.68 bits per heavy atom. The molecule has 1 aromatic carbocycles. The summed E-state index contributed by atoms with van der Waals surface area (Å²) in [7, 11) is -3.90. The zero-order chi connectivity index (χ0) is 14.0. The summed E-state index contributed by atoms with van der Waals surface area (Å²) in [4.78, 5) is -0.219. The van der Waals surface area contributed by atoms with Gasteiger partial charge in [-0.1, -0.05) is 23.2 Å². The van der Waals surface area contributed by atoms with Crippen molar-refractivity contribution in [1.29, 1.82) is 0 Å². The van der Waals surface area contributed by atoms with E-state index in [2.05, 4.69) is 0 Å². The largest absolute Gasteiger partial charge is 0.489 e. The van der Waals surface area contributed by atoms with Gasteiger partial charge in [0.05, 0.1) is 11.1 Å². The first-order valence-electron chi connectivity index (χ1n) is 5.65. The first-order valence-corrected chi connectivity index (χ1v) is 7.95. The Kier molecular flexibility index (Phi) is 4.58. The highest BCUT2D eigenvalue weighted by atomic mass is 35.5. The predicted molar refractivity (Wildman–Crippen MR) is 72.3 cm³/mol. The van der Waals surface area contributed by atoms with Gasteiger partial charge in [0.2, 0.25) is 10.0 Å². The molecule has 0 spiro atoms. The second kappa shape index (κ2) is 5.85. The number of hydrogen-bond acceptors (Lipinski definition) is 4. The molecule has 1 saturated heterocycles. The van der Waals surface area contributed by atoms with Gasteiger partial charge in [0, 0.05) is 6.61 Å². The second-order valence-corrected chi connectivity index (χ2v) is 6.47. The fourth-order valence-corrected chi connectivity index (χ4v) is 3.17. The van der Waals surface area contributed by atoms with Crippen LogP contribution in [0.3, 0.4) is 0 Å². The van der Waals surface area contributed by atoms with Crippen LogP contribution in [0, 0.1) is 0 Å². The van der Waals surface area contributed by atoms with E-state index in [4.69, 9.17) is 37.8 Å². The average molecular weight is 326 g/mol. The van der Waals surface area contributed by atoms with Crippen molar-refractivity contribution in [1.82, 2.24) is 0 Å². The lowest BCUT2D eigenvalue weighted by Gasteiger charge is -2.14. The maximum atomic E-state index is 11.3. The van der Waals surface area contributed by atoms with Crippen LogP contribution in [0.5, 0.6) is 5.75 Å². The summed E-state index contributed by atoms with van der Waals surface area (Å²) in [5.74, 6) is 0.314. The van der Waals surface area contributed by atoms with Crippen LogP contribution in [-0.4, -0.2) is 27.7 Å². The minimum atomic E-state index is -3.90. The molecule has 19 heavy (non-hydrogen) atoms. The number of rotatable bonds is 4. The van der Waals surface area contributed by atoms with E-state index < -0.39 is 10.0 Å². The van der Waals surface area contributed by atoms with Gasteiger partial charge in [-0.3, -0.25) is 0 Å². The first-order chi connectivity index (χ1) is 8.89. The van der Waals surface area contributed by atoms with Gasteiger partial charge in [-0.15, -0.1) is 0 Å². The molecule has 1 aromatic rings. The zero-order valence-electron chi connectivity index (χ0n) is 9.93. The molecule has 5 nitrogen and oxygen atoms in total. The Morgan fingerprint density at radius 2 is 2.11 bits per heavy atom. The molecule has 0 aromatic heterocycles. The minimum absolute atomic E-state index is 0.0335. The molecular weight excluding hydrogens is 313 g/mol. The van der Waals surface area contributed by atoms with E-state index in [0.717, 1.165) is 19.4 Å². The highest BCUT2D eigenvalue weighted by Crippen LogP contribution is 2.36. The lowest BCUT2D eigenvalue weighted by molar-refractivity contribution is 0.0680. The van der Waals surface area contributed by atoms with Crippen molar-refractivity contribution in [3.63, 3.8) is 0 Å². The number of primary sulfonamides is 1. The Balaban J connectivity index is 2.16. The molecule has 8 heteroatoms. The van der Waals surface area contributed by atoms with Gasteiger partial charge < -0.3 is 9.47 Å². The number of halogens is 2. The van der Waals surface area contributed by atoms with Crippen molar-refractivity contribution in [2.24, 2.45) is 5.14 Å². The quantitative estimate of drug-likeness (QED) is 0.920. The molecule has 0 aliphatic carbocycles. The Morgan fingerprint density at radius 1 is 1.37 bits per heavy atom. The summed E-state index contributed by atoms with van der Waals surface area (Å²) >= 11 is 11.8. The van der Waals surface area contributed by atoms with Crippen molar-refractivity contribution in [3.05, 3.63) is 22.2 Å². The third kappa shape index (κ3) is 3.52. The summed E-state index contributed by atoms with van der Waals surface area (Å²) in [6.07, 6.45) is 1.97. The zero-order valence-corrected chi connectivity index (χ0v) is 12.3. The summed E-state index contributed by atoms with van der Waals surface area (Å²) in [5, 5.41) is 4.92. The molecule has 1 aliphatic heterocycles. The smallest absolute Gasteiger partial charge is 0.239 e. The van der Waals surface area contributed by atoms with Gasteiger partial charge >= 0.3 is 0 Å². The van der Waals surface area contributed by atoms with Crippen LogP contribution in [-0.2, 0) is 14.8 Å². The SMILES string of the molecule is NS(=O)(=O)c1ccc(OCC2CCCO2)c(Cl)c1Cl. The van der Waals surface area contributed by atoms with Crippen molar-refractivity contribution < 1.29 is 17.9 Å². The van der Waals surface area contributed by atoms with E-state index in [1.807, 2.05) is 0 Å². The number of ether oxygens (including phenoxy) is 2. The van der Waals surface area contributed by atoms with Crippen molar-refractivity contribution in [3.8, 4) is 5.75 Å². The maximum Gasteiger partial charge on any atom is 0.239 e. The third-order valence-corrected chi connectivity index (χ3v) is 4.70. The molecule has 1 atom stereocenters. The molecule has 2 N–H and O–H groups in total. The second-order valence-electron chi connectivity index (χ2n) is 4.18. The summed E-state index contributed by atoms with van der Waals surface area (Å²) in [6.45, 7) is 1.08. The Bertz CT molecular complexity index is 570. The molecular formula is C11H13Cl2NO4S. The normalized spacial score (nSPS) is 19.6. The molecule has 0 radical (unpaired) electrons. The van der Waals surface area contributed by atoms with Gasteiger partial charge in [0.15, 0.2) is 0 Å². The van der Waals surface area contributed by atoms with Crippen LogP contribution in [0.2, 0.25) is 10.0 Å². The van der Waals surface area contributed by atoms with Gasteiger partial charge in [-0.05, 0) is 25.0 Å². The lowest BCUT2D eigenvalue weighted by atomic mass is 10.2. The van der Waals surface area contributed by atoms with Gasteiger partial charge in [-0.2, -0.15) is 0 Å². The van der Waals surface area contributed by atoms with Crippen LogP contribution in [0.1, 0.15) is 12.8 Å². The Hall–Kier alpha value is -0.530. The number of sulfonamides is 1. The van der Waals surface area contributed by atoms with E-state index in [1.165, 1.54) is 12.1 Å². The average Bonchev–Trinajstić information content (AvgIpc) is 2.82. The minimum Gasteiger partial charge on any atom is -0.489 e. The van der Waals surface area contributed by atoms with Gasteiger partial charge in [-0.25, -0.2) is 13.6 Å². The van der Waals surface area contributed by atoms with Gasteiger partial charge in [0.25, 0.3) is 0 Å². The summed E-state index contributed by atoms with van der Waals surface area (Å²) < 4.78 is 33.4. The predicted octanol–water partition coefficient (Wildman–Crippen LogP) is 2.20. The van der Waals surface area contributed by atoms with E-state index in [-0.39, 0.29) is 21.0 Å². The first kappa shape index (κ1) is 14.9. The fourth-order valence-electron chi connectivity index (χ4n) is 1.80. The molecule has 106 valence electrons. The summed E-state index contributed by atoms with van der Waals surface area (Å²) in [6, 6.07) is 2.71. The van der Waals surface area contributed by atoms with E-state index in [0.29, 0.717) is 12.4 Å². The molecule has 0 amide bonds. The molecule has 2 rings (SSSR count). The van der Waals surface area contributed by atoms with E-state index in [1.54, 1.807) is 0 Å². The van der Waals surface area contributed by atoms with Crippen LogP contribution < -0.4 is 9.88 Å². The van der Waals surface area contributed by atoms with E-state index in [9.17, 15) is 8.42 Å². The van der Waals surface area contributed by atoms with Crippen LogP contribution in [0.15, 0.2) is 17.0 Å². The van der Waals surface area contributed by atoms with Crippen LogP contribution >= 0.6 is 23.2 Å². The lowest BCUT2D eigenvalue weighted by Crippen LogP contribution is -2.17. The number of nitrogens with two attached hydrogens (primary N) is 1. The van der Waals surface area contributed by atoms with Crippen LogP contribution in [0.25, 0.3) is 0 Å². The molecule has 1 heterocycles. The fraction of sp³-hybridized carbons (Fsp3) is 0.455. The number of benzene rings is 1. The Labute approximate surface area is 121 Å². The van der Waals surface area contributed by atoms with Gasteiger partial charge in [0.1, 0.15) is 22.3 Å². The molecule has 1 fully saturated rings. The molecule has 0 bridgehead atoms. The van der Waals surface area contributed by atoms with Crippen molar-refractivity contribution in [2.45, 2.75) is 23.8 Å². The molecule has 1 aliphatic rings. The topological polar surface area (TPSA) is 78.6 Å². The molecule has 0 saturated carbocycles. The monoisotopic (exact) mass is 325 g/mol. The highest BCUT2D eigenvalue weighted by molar-refractivity contribution is 7.89. The number of hydrogen-bond donors (Lipinski definition) is 1. The maximum absolute atomic E-state index is 11.3. The van der Waals surface area contributed by atoms with Crippen molar-refractivity contribution >= 4 is 33.2 Å². The highest BCUT2D eigenvalue weighted by Gasteiger charge is 2.20.